The molecule has 0 bridgehead atoms. The van der Waals surface area contributed by atoms with Crippen molar-refractivity contribution in [3.05, 3.63) is 30.1 Å². The van der Waals surface area contributed by atoms with Crippen LogP contribution in [-0.4, -0.2) is 30.1 Å². The van der Waals surface area contributed by atoms with E-state index in [0.717, 1.165) is 28.9 Å². The Balaban J connectivity index is 2.53. The monoisotopic (exact) mass is 289 g/mol. The van der Waals surface area contributed by atoms with Crippen molar-refractivity contribution in [3.63, 3.8) is 0 Å². The summed E-state index contributed by atoms with van der Waals surface area (Å²) in [6.45, 7) is 4.26. The fourth-order valence-electron chi connectivity index (χ4n) is 2.55. The number of aryl methyl sites for hydroxylation is 1. The van der Waals surface area contributed by atoms with Crippen LogP contribution in [0.2, 0.25) is 0 Å². The van der Waals surface area contributed by atoms with Gasteiger partial charge in [0.2, 0.25) is 0 Å². The summed E-state index contributed by atoms with van der Waals surface area (Å²) in [6.07, 6.45) is 5.17. The van der Waals surface area contributed by atoms with Crippen molar-refractivity contribution in [1.29, 1.82) is 0 Å². The highest BCUT2D eigenvalue weighted by molar-refractivity contribution is 7.98. The van der Waals surface area contributed by atoms with E-state index >= 15 is 0 Å². The molecule has 0 amide bonds. The number of pyridine rings is 1. The summed E-state index contributed by atoms with van der Waals surface area (Å²) in [4.78, 5) is 6.74. The molecule has 0 saturated carbocycles. The van der Waals surface area contributed by atoms with Crippen LogP contribution in [0, 0.1) is 6.92 Å². The average Bonchev–Trinajstić information content (AvgIpc) is 2.44. The molecule has 0 fully saturated rings. The van der Waals surface area contributed by atoms with Gasteiger partial charge in [-0.2, -0.15) is 11.8 Å². The lowest BCUT2D eigenvalue weighted by molar-refractivity contribution is 0.675. The quantitative estimate of drug-likeness (QED) is 0.852. The van der Waals surface area contributed by atoms with Crippen LogP contribution in [-0.2, 0) is 0 Å². The molecule has 1 unspecified atom stereocenters. The van der Waals surface area contributed by atoms with Crippen LogP contribution in [0.25, 0.3) is 10.8 Å². The highest BCUT2D eigenvalue weighted by Gasteiger charge is 2.16. The van der Waals surface area contributed by atoms with Gasteiger partial charge in [-0.25, -0.2) is 0 Å². The third-order valence-corrected chi connectivity index (χ3v) is 4.52. The Morgan fingerprint density at radius 3 is 2.75 bits per heavy atom. The van der Waals surface area contributed by atoms with Crippen molar-refractivity contribution in [1.82, 2.24) is 4.98 Å². The van der Waals surface area contributed by atoms with E-state index < -0.39 is 0 Å². The Labute approximate surface area is 125 Å². The SMILES string of the molecule is CCC(CSC)N(C)c1ccc(N)c2cnc(C)cc12. The molecule has 4 heteroatoms. The summed E-state index contributed by atoms with van der Waals surface area (Å²) < 4.78 is 0. The maximum absolute atomic E-state index is 6.08. The number of benzene rings is 1. The molecule has 20 heavy (non-hydrogen) atoms. The van der Waals surface area contributed by atoms with Crippen LogP contribution < -0.4 is 10.6 Å². The van der Waals surface area contributed by atoms with Gasteiger partial charge in [0.05, 0.1) is 0 Å². The van der Waals surface area contributed by atoms with E-state index in [1.54, 1.807) is 0 Å². The molecule has 0 aliphatic rings. The average molecular weight is 289 g/mol. The number of aromatic nitrogens is 1. The Hall–Kier alpha value is -1.42. The summed E-state index contributed by atoms with van der Waals surface area (Å²) >= 11 is 1.89. The van der Waals surface area contributed by atoms with Crippen LogP contribution >= 0.6 is 11.8 Å². The predicted molar refractivity (Wildman–Crippen MR) is 91.8 cm³/mol. The number of hydrogen-bond acceptors (Lipinski definition) is 4. The molecular formula is C16H23N3S. The maximum Gasteiger partial charge on any atom is 0.0448 e. The predicted octanol–water partition coefficient (Wildman–Crippen LogP) is 3.70. The second kappa shape index (κ2) is 6.35. The largest absolute Gasteiger partial charge is 0.398 e. The highest BCUT2D eigenvalue weighted by Crippen LogP contribution is 2.32. The number of thioether (sulfide) groups is 1. The Morgan fingerprint density at radius 1 is 1.35 bits per heavy atom. The molecule has 1 aromatic carbocycles. The standard InChI is InChI=1S/C16H23N3S/c1-5-12(10-20-4)19(3)16-7-6-15(17)14-9-18-11(2)8-13(14)16/h6-9,12H,5,10,17H2,1-4H3. The first-order chi connectivity index (χ1) is 9.58. The topological polar surface area (TPSA) is 42.1 Å². The van der Waals surface area contributed by atoms with Crippen molar-refractivity contribution in [2.24, 2.45) is 0 Å². The molecule has 2 aromatic rings. The van der Waals surface area contributed by atoms with Gasteiger partial charge in [-0.3, -0.25) is 4.98 Å². The summed E-state index contributed by atoms with van der Waals surface area (Å²) in [5.41, 5.74) is 9.13. The molecule has 108 valence electrons. The minimum Gasteiger partial charge on any atom is -0.398 e. The van der Waals surface area contributed by atoms with Crippen LogP contribution in [0.1, 0.15) is 19.0 Å². The smallest absolute Gasteiger partial charge is 0.0448 e. The third kappa shape index (κ3) is 2.85. The molecule has 0 spiro atoms. The summed E-state index contributed by atoms with van der Waals surface area (Å²) in [7, 11) is 2.17. The van der Waals surface area contributed by atoms with E-state index in [9.17, 15) is 0 Å². The summed E-state index contributed by atoms with van der Waals surface area (Å²) in [5.74, 6) is 1.13. The highest BCUT2D eigenvalue weighted by atomic mass is 32.2. The fraction of sp³-hybridized carbons (Fsp3) is 0.438. The zero-order chi connectivity index (χ0) is 14.7. The lowest BCUT2D eigenvalue weighted by Crippen LogP contribution is -2.33. The van der Waals surface area contributed by atoms with Crippen LogP contribution in [0.3, 0.4) is 0 Å². The second-order valence-electron chi connectivity index (χ2n) is 5.17. The lowest BCUT2D eigenvalue weighted by atomic mass is 10.1. The van der Waals surface area contributed by atoms with Gasteiger partial charge < -0.3 is 10.6 Å². The molecular weight excluding hydrogens is 266 g/mol. The van der Waals surface area contributed by atoms with E-state index in [0.29, 0.717) is 6.04 Å². The molecule has 2 rings (SSSR count). The van der Waals surface area contributed by atoms with E-state index in [1.807, 2.05) is 30.9 Å². The third-order valence-electron chi connectivity index (χ3n) is 3.81. The van der Waals surface area contributed by atoms with Crippen LogP contribution in [0.15, 0.2) is 24.4 Å². The van der Waals surface area contributed by atoms with Gasteiger partial charge >= 0.3 is 0 Å². The number of nitrogen functional groups attached to an aromatic ring is 1. The van der Waals surface area contributed by atoms with Gasteiger partial charge in [0.15, 0.2) is 0 Å². The first-order valence-corrected chi connectivity index (χ1v) is 8.34. The molecule has 0 aliphatic heterocycles. The molecule has 2 N–H and O–H groups in total. The zero-order valence-electron chi connectivity index (χ0n) is 12.7. The number of rotatable bonds is 5. The second-order valence-corrected chi connectivity index (χ2v) is 6.08. The molecule has 1 aromatic heterocycles. The number of hydrogen-bond donors (Lipinski definition) is 1. The first kappa shape index (κ1) is 15.0. The maximum atomic E-state index is 6.08. The Bertz CT molecular complexity index is 598. The Morgan fingerprint density at radius 2 is 2.10 bits per heavy atom. The molecule has 3 nitrogen and oxygen atoms in total. The minimum absolute atomic E-state index is 0.533. The lowest BCUT2D eigenvalue weighted by Gasteiger charge is -2.30. The number of nitrogens with two attached hydrogens (primary N) is 1. The number of anilines is 2. The number of fused-ring (bicyclic) bond motifs is 1. The van der Waals surface area contributed by atoms with Crippen molar-refractivity contribution in [3.8, 4) is 0 Å². The van der Waals surface area contributed by atoms with Crippen LogP contribution in [0.5, 0.6) is 0 Å². The molecule has 0 radical (unpaired) electrons. The van der Waals surface area contributed by atoms with E-state index in [2.05, 4.69) is 42.2 Å². The summed E-state index contributed by atoms with van der Waals surface area (Å²) in [6, 6.07) is 6.77. The van der Waals surface area contributed by atoms with Gasteiger partial charge in [-0.1, -0.05) is 6.92 Å². The van der Waals surface area contributed by atoms with Gasteiger partial charge in [-0.15, -0.1) is 0 Å². The van der Waals surface area contributed by atoms with Gasteiger partial charge in [0, 0.05) is 52.9 Å². The Kier molecular flexibility index (Phi) is 4.76. The molecule has 1 atom stereocenters. The van der Waals surface area contributed by atoms with Crippen LogP contribution in [0.4, 0.5) is 11.4 Å². The molecule has 0 aliphatic carbocycles. The minimum atomic E-state index is 0.533. The van der Waals surface area contributed by atoms with Gasteiger partial charge in [-0.05, 0) is 37.8 Å². The van der Waals surface area contributed by atoms with E-state index in [4.69, 9.17) is 5.73 Å². The first-order valence-electron chi connectivity index (χ1n) is 6.95. The molecule has 0 saturated heterocycles. The number of nitrogens with zero attached hydrogens (tertiary/aromatic N) is 2. The van der Waals surface area contributed by atoms with Crippen molar-refractivity contribution < 1.29 is 0 Å². The fourth-order valence-corrected chi connectivity index (χ4v) is 3.39. The van der Waals surface area contributed by atoms with Crippen molar-refractivity contribution in [2.75, 3.05) is 29.7 Å². The summed E-state index contributed by atoms with van der Waals surface area (Å²) in [5, 5.41) is 2.23. The van der Waals surface area contributed by atoms with Gasteiger partial charge in [0.25, 0.3) is 0 Å². The van der Waals surface area contributed by atoms with Crippen molar-refractivity contribution in [2.45, 2.75) is 26.3 Å². The molecule has 1 heterocycles. The van der Waals surface area contributed by atoms with E-state index in [-0.39, 0.29) is 0 Å². The normalized spacial score (nSPS) is 12.6. The van der Waals surface area contributed by atoms with Crippen molar-refractivity contribution >= 4 is 33.9 Å². The van der Waals surface area contributed by atoms with E-state index in [1.165, 1.54) is 11.1 Å². The van der Waals surface area contributed by atoms with Gasteiger partial charge in [0.1, 0.15) is 0 Å². The zero-order valence-corrected chi connectivity index (χ0v) is 13.5.